The quantitative estimate of drug-likeness (QED) is 0.138. The number of sulfone groups is 1. The van der Waals surface area contributed by atoms with Gasteiger partial charge in [0, 0.05) is 45.0 Å². The Morgan fingerprint density at radius 3 is 1.42 bits per heavy atom. The molecule has 0 aliphatic rings. The second-order valence-corrected chi connectivity index (χ2v) is 19.6. The molecule has 16 heteroatoms. The van der Waals surface area contributed by atoms with Gasteiger partial charge in [-0.15, -0.1) is 0 Å². The molecule has 3 aromatic carbocycles. The molecule has 0 unspecified atom stereocenters. The van der Waals surface area contributed by atoms with Crippen LogP contribution in [0.15, 0.2) is 145 Å². The summed E-state index contributed by atoms with van der Waals surface area (Å²) in [7, 11) is -13.6. The SMILES string of the molecule is Cc1ccc(S(=O)(=O)C(C#N)(Cc2c(Br)c3cccnc3n2S(=O)(=O)c2ccccc2)Cc2c(Br)c3cccnc3n2S(=O)(=O)c2ccccc2)cc1. The van der Waals surface area contributed by atoms with Crippen LogP contribution in [-0.2, 0) is 42.7 Å². The summed E-state index contributed by atoms with van der Waals surface area (Å²) in [5.41, 5.74) is 0.607. The van der Waals surface area contributed by atoms with Crippen molar-refractivity contribution in [3.63, 3.8) is 0 Å². The number of aromatic nitrogens is 4. The molecule has 0 aliphatic carbocycles. The van der Waals surface area contributed by atoms with Crippen LogP contribution in [0.5, 0.6) is 0 Å². The maximum absolute atomic E-state index is 15.1. The highest BCUT2D eigenvalue weighted by atomic mass is 79.9. The smallest absolute Gasteiger partial charge is 0.237 e. The molecule has 0 aliphatic heterocycles. The van der Waals surface area contributed by atoms with E-state index < -0.39 is 47.5 Å². The van der Waals surface area contributed by atoms with E-state index in [1.807, 2.05) is 0 Å². The number of fused-ring (bicyclic) bond motifs is 2. The Bertz CT molecular complexity index is 2770. The van der Waals surface area contributed by atoms with E-state index in [0.29, 0.717) is 10.8 Å². The second kappa shape index (κ2) is 13.6. The average molecular weight is 894 g/mol. The number of benzene rings is 3. The van der Waals surface area contributed by atoms with Crippen LogP contribution in [-0.4, -0.2) is 47.9 Å². The molecule has 0 radical (unpaired) electrons. The van der Waals surface area contributed by atoms with Crippen molar-refractivity contribution in [3.05, 3.63) is 147 Å². The average Bonchev–Trinajstić information content (AvgIpc) is 3.62. The van der Waals surface area contributed by atoms with Crippen molar-refractivity contribution in [2.75, 3.05) is 0 Å². The van der Waals surface area contributed by atoms with E-state index >= 15 is 8.42 Å². The van der Waals surface area contributed by atoms with Crippen LogP contribution < -0.4 is 0 Å². The molecule has 0 spiro atoms. The fraction of sp³-hybridized carbons (Fsp3) is 0.108. The Hall–Kier alpha value is -4.66. The summed E-state index contributed by atoms with van der Waals surface area (Å²) in [5.74, 6) is 0. The predicted molar refractivity (Wildman–Crippen MR) is 207 cm³/mol. The van der Waals surface area contributed by atoms with Gasteiger partial charge in [-0.2, -0.15) is 5.26 Å². The number of hydrogen-bond donors (Lipinski definition) is 0. The number of rotatable bonds is 10. The van der Waals surface area contributed by atoms with Gasteiger partial charge in [-0.3, -0.25) is 0 Å². The Kier molecular flexibility index (Phi) is 9.44. The zero-order chi connectivity index (χ0) is 37.8. The van der Waals surface area contributed by atoms with E-state index in [9.17, 15) is 22.1 Å². The number of hydrogen-bond acceptors (Lipinski definition) is 9. The van der Waals surface area contributed by atoms with Gasteiger partial charge in [0.05, 0.1) is 32.1 Å². The molecule has 0 saturated carbocycles. The lowest BCUT2D eigenvalue weighted by Gasteiger charge is -2.28. The number of pyridine rings is 2. The van der Waals surface area contributed by atoms with Gasteiger partial charge < -0.3 is 0 Å². The van der Waals surface area contributed by atoms with Crippen molar-refractivity contribution >= 4 is 83.8 Å². The van der Waals surface area contributed by atoms with E-state index in [2.05, 4.69) is 47.9 Å². The first-order valence-electron chi connectivity index (χ1n) is 15.9. The second-order valence-electron chi connectivity index (χ2n) is 12.2. The van der Waals surface area contributed by atoms with E-state index in [1.165, 1.54) is 48.8 Å². The number of nitrogens with zero attached hydrogens (tertiary/aromatic N) is 5. The van der Waals surface area contributed by atoms with E-state index in [4.69, 9.17) is 0 Å². The van der Waals surface area contributed by atoms with Gasteiger partial charge >= 0.3 is 0 Å². The van der Waals surface area contributed by atoms with Gasteiger partial charge in [0.25, 0.3) is 20.0 Å². The van der Waals surface area contributed by atoms with E-state index in [0.717, 1.165) is 13.5 Å². The standard InChI is InChI=1S/C37H27Br2N5O6S3/c1-25-16-18-26(19-17-25)51(45,46)37(24-40,22-31-33(38)29-14-8-20-41-35(29)43(31)52(47,48)27-10-4-2-5-11-27)23-32-34(39)30-15-9-21-42-36(30)44(32)53(49,50)28-12-6-3-7-13-28/h2-21H,22-23H2,1H3. The molecular weight excluding hydrogens is 866 g/mol. The molecule has 0 bridgehead atoms. The maximum Gasteiger partial charge on any atom is 0.269 e. The zero-order valence-corrected chi connectivity index (χ0v) is 33.2. The molecule has 0 amide bonds. The third-order valence-corrected chi connectivity index (χ3v) is 16.5. The number of nitriles is 1. The summed E-state index contributed by atoms with van der Waals surface area (Å²) >= 11 is 7.07. The first kappa shape index (κ1) is 36.7. The number of halogens is 2. The van der Waals surface area contributed by atoms with Crippen molar-refractivity contribution in [3.8, 4) is 6.07 Å². The molecule has 268 valence electrons. The van der Waals surface area contributed by atoms with Gasteiger partial charge in [-0.05, 0) is 99.4 Å². The summed E-state index contributed by atoms with van der Waals surface area (Å²) in [4.78, 5) is 8.34. The minimum Gasteiger partial charge on any atom is -0.237 e. The Labute approximate surface area is 322 Å². The first-order valence-corrected chi connectivity index (χ1v) is 21.8. The van der Waals surface area contributed by atoms with Gasteiger partial charge in [-0.25, -0.2) is 43.2 Å². The molecule has 0 atom stereocenters. The molecule has 7 aromatic rings. The Balaban J connectivity index is 1.55. The van der Waals surface area contributed by atoms with Crippen molar-refractivity contribution in [2.24, 2.45) is 0 Å². The van der Waals surface area contributed by atoms with Gasteiger partial charge in [0.2, 0.25) is 0 Å². The van der Waals surface area contributed by atoms with Crippen molar-refractivity contribution in [1.82, 2.24) is 17.9 Å². The molecule has 53 heavy (non-hydrogen) atoms. The van der Waals surface area contributed by atoms with Crippen molar-refractivity contribution < 1.29 is 25.3 Å². The minimum absolute atomic E-state index is 0.00366. The van der Waals surface area contributed by atoms with E-state index in [-0.39, 0.29) is 46.3 Å². The Morgan fingerprint density at radius 1 is 0.604 bits per heavy atom. The van der Waals surface area contributed by atoms with Gasteiger partial charge in [0.15, 0.2) is 25.9 Å². The normalized spacial score (nSPS) is 12.6. The van der Waals surface area contributed by atoms with Crippen LogP contribution in [0.1, 0.15) is 17.0 Å². The monoisotopic (exact) mass is 891 g/mol. The lowest BCUT2D eigenvalue weighted by atomic mass is 9.97. The van der Waals surface area contributed by atoms with Crippen LogP contribution in [0.25, 0.3) is 22.1 Å². The van der Waals surface area contributed by atoms with Gasteiger partial charge in [0.1, 0.15) is 0 Å². The lowest BCUT2D eigenvalue weighted by molar-refractivity contribution is 0.538. The highest BCUT2D eigenvalue weighted by Gasteiger charge is 2.49. The van der Waals surface area contributed by atoms with Crippen LogP contribution in [0, 0.1) is 18.3 Å². The molecule has 7 rings (SSSR count). The summed E-state index contributed by atoms with van der Waals surface area (Å²) in [5, 5.41) is 12.0. The third kappa shape index (κ3) is 6.00. The zero-order valence-electron chi connectivity index (χ0n) is 27.6. The van der Waals surface area contributed by atoms with Crippen LogP contribution >= 0.6 is 31.9 Å². The van der Waals surface area contributed by atoms with Crippen molar-refractivity contribution in [2.45, 2.75) is 39.2 Å². The topological polar surface area (TPSA) is 162 Å². The molecule has 0 fully saturated rings. The highest BCUT2D eigenvalue weighted by molar-refractivity contribution is 9.11. The molecule has 4 aromatic heterocycles. The highest BCUT2D eigenvalue weighted by Crippen LogP contribution is 2.43. The number of aryl methyl sites for hydroxylation is 1. The molecular formula is C37H27Br2N5O6S3. The molecule has 0 saturated heterocycles. The van der Waals surface area contributed by atoms with Crippen molar-refractivity contribution in [1.29, 1.82) is 5.26 Å². The molecule has 4 heterocycles. The largest absolute Gasteiger partial charge is 0.269 e. The predicted octanol–water partition coefficient (Wildman–Crippen LogP) is 7.21. The Morgan fingerprint density at radius 2 is 1.02 bits per heavy atom. The van der Waals surface area contributed by atoms with Crippen LogP contribution in [0.4, 0.5) is 0 Å². The minimum atomic E-state index is -4.75. The summed E-state index contributed by atoms with van der Waals surface area (Å²) in [6, 6.07) is 29.6. The summed E-state index contributed by atoms with van der Waals surface area (Å²) in [6.07, 6.45) is 1.39. The maximum atomic E-state index is 15.1. The van der Waals surface area contributed by atoms with Gasteiger partial charge in [-0.1, -0.05) is 54.1 Å². The third-order valence-electron chi connectivity index (χ3n) is 8.95. The summed E-state index contributed by atoms with van der Waals surface area (Å²) < 4.78 is 87.8. The van der Waals surface area contributed by atoms with Crippen LogP contribution in [0.3, 0.4) is 0 Å². The first-order chi connectivity index (χ1) is 25.2. The fourth-order valence-electron chi connectivity index (χ4n) is 6.29. The lowest BCUT2D eigenvalue weighted by Crippen LogP contribution is -2.43. The summed E-state index contributed by atoms with van der Waals surface area (Å²) in [6.45, 7) is 1.78. The molecule has 11 nitrogen and oxygen atoms in total. The fourth-order valence-corrected chi connectivity index (χ4v) is 12.6. The van der Waals surface area contributed by atoms with E-state index in [1.54, 1.807) is 79.7 Å². The molecule has 0 N–H and O–H groups in total. The van der Waals surface area contributed by atoms with Crippen LogP contribution in [0.2, 0.25) is 0 Å².